The van der Waals surface area contributed by atoms with Crippen LogP contribution in [0.25, 0.3) is 0 Å². The van der Waals surface area contributed by atoms with Gasteiger partial charge in [0.2, 0.25) is 0 Å². The van der Waals surface area contributed by atoms with Crippen LogP contribution in [0.4, 0.5) is 0 Å². The van der Waals surface area contributed by atoms with Gasteiger partial charge in [0.05, 0.1) is 0 Å². The van der Waals surface area contributed by atoms with Gasteiger partial charge < -0.3 is 5.32 Å². The minimum absolute atomic E-state index is 0.388. The van der Waals surface area contributed by atoms with Crippen molar-refractivity contribution in [2.24, 2.45) is 5.41 Å². The van der Waals surface area contributed by atoms with Crippen LogP contribution in [0.2, 0.25) is 0 Å². The zero-order valence-corrected chi connectivity index (χ0v) is 12.3. The first-order valence-electron chi connectivity index (χ1n) is 7.26. The predicted octanol–water partition coefficient (Wildman–Crippen LogP) is 4.01. The average Bonchev–Trinajstić information content (AvgIpc) is 3.07. The Morgan fingerprint density at radius 1 is 1.17 bits per heavy atom. The lowest BCUT2D eigenvalue weighted by atomic mass is 9.80. The molecular formula is C17H27N. The molecule has 0 radical (unpaired) electrons. The molecule has 0 saturated heterocycles. The van der Waals surface area contributed by atoms with Crippen LogP contribution >= 0.6 is 0 Å². The van der Waals surface area contributed by atoms with Crippen LogP contribution in [0, 0.1) is 19.3 Å². The van der Waals surface area contributed by atoms with Crippen molar-refractivity contribution in [2.75, 3.05) is 6.54 Å². The third kappa shape index (κ3) is 3.84. The summed E-state index contributed by atoms with van der Waals surface area (Å²) in [6, 6.07) is 7.47. The molecule has 0 heterocycles. The molecule has 1 nitrogen and oxygen atoms in total. The van der Waals surface area contributed by atoms with E-state index in [1.807, 2.05) is 0 Å². The van der Waals surface area contributed by atoms with E-state index < -0.39 is 0 Å². The summed E-state index contributed by atoms with van der Waals surface area (Å²) < 4.78 is 0. The zero-order chi connectivity index (χ0) is 13.2. The molecule has 0 spiro atoms. The second kappa shape index (κ2) is 5.44. The van der Waals surface area contributed by atoms with E-state index in [4.69, 9.17) is 0 Å². The lowest BCUT2D eigenvalue weighted by Crippen LogP contribution is -2.25. The highest BCUT2D eigenvalue weighted by atomic mass is 14.9. The smallest absolute Gasteiger partial charge is 0.00682 e. The summed E-state index contributed by atoms with van der Waals surface area (Å²) in [6.07, 6.45) is 5.23. The lowest BCUT2D eigenvalue weighted by Gasteiger charge is -2.27. The van der Waals surface area contributed by atoms with Crippen LogP contribution in [0.5, 0.6) is 0 Å². The summed E-state index contributed by atoms with van der Waals surface area (Å²) in [5.74, 6) is 0. The number of rotatable bonds is 6. The average molecular weight is 245 g/mol. The first-order chi connectivity index (χ1) is 8.48. The first-order valence-corrected chi connectivity index (χ1v) is 7.26. The number of aryl methyl sites for hydroxylation is 2. The Morgan fingerprint density at radius 3 is 2.33 bits per heavy atom. The van der Waals surface area contributed by atoms with E-state index in [0.29, 0.717) is 5.41 Å². The molecule has 1 aliphatic carbocycles. The molecule has 1 aromatic rings. The molecule has 2 rings (SSSR count). The fourth-order valence-electron chi connectivity index (χ4n) is 2.60. The minimum atomic E-state index is 0.388. The molecule has 1 fully saturated rings. The fourth-order valence-corrected chi connectivity index (χ4v) is 2.60. The second-order valence-corrected chi connectivity index (χ2v) is 6.69. The van der Waals surface area contributed by atoms with Crippen molar-refractivity contribution in [1.29, 1.82) is 0 Å². The monoisotopic (exact) mass is 245 g/mol. The molecule has 100 valence electrons. The standard InChI is InChI=1S/C17H27N/c1-13-6-5-7-14(2)16(13)12-17(3,4)10-11-18-15-8-9-15/h5-7,15,18H,8-12H2,1-4H3. The van der Waals surface area contributed by atoms with Gasteiger partial charge in [0.25, 0.3) is 0 Å². The number of benzene rings is 1. The van der Waals surface area contributed by atoms with E-state index in [-0.39, 0.29) is 0 Å². The van der Waals surface area contributed by atoms with Crippen LogP contribution in [-0.2, 0) is 6.42 Å². The Balaban J connectivity index is 1.92. The third-order valence-corrected chi connectivity index (χ3v) is 4.11. The highest BCUT2D eigenvalue weighted by Gasteiger charge is 2.23. The molecule has 1 N–H and O–H groups in total. The van der Waals surface area contributed by atoms with Gasteiger partial charge in [0.15, 0.2) is 0 Å². The molecule has 0 unspecified atom stereocenters. The molecule has 0 aliphatic heterocycles. The van der Waals surface area contributed by atoms with Gasteiger partial charge >= 0.3 is 0 Å². The Kier molecular flexibility index (Phi) is 4.11. The second-order valence-electron chi connectivity index (χ2n) is 6.69. The third-order valence-electron chi connectivity index (χ3n) is 4.11. The summed E-state index contributed by atoms with van der Waals surface area (Å²) in [5, 5.41) is 3.63. The van der Waals surface area contributed by atoms with Gasteiger partial charge in [-0.1, -0.05) is 32.0 Å². The maximum absolute atomic E-state index is 3.63. The quantitative estimate of drug-likeness (QED) is 0.798. The molecule has 0 amide bonds. The topological polar surface area (TPSA) is 12.0 Å². The maximum atomic E-state index is 3.63. The van der Waals surface area contributed by atoms with E-state index in [1.54, 1.807) is 5.56 Å². The molecule has 0 aromatic heterocycles. The largest absolute Gasteiger partial charge is 0.314 e. The molecular weight excluding hydrogens is 218 g/mol. The highest BCUT2D eigenvalue weighted by molar-refractivity contribution is 5.34. The van der Waals surface area contributed by atoms with Gasteiger partial charge in [-0.25, -0.2) is 0 Å². The van der Waals surface area contributed by atoms with E-state index in [0.717, 1.165) is 6.04 Å². The van der Waals surface area contributed by atoms with Crippen LogP contribution in [0.15, 0.2) is 18.2 Å². The van der Waals surface area contributed by atoms with Crippen LogP contribution in [0.1, 0.15) is 49.8 Å². The summed E-state index contributed by atoms with van der Waals surface area (Å²) in [7, 11) is 0. The molecule has 18 heavy (non-hydrogen) atoms. The summed E-state index contributed by atoms with van der Waals surface area (Å²) in [6.45, 7) is 10.4. The molecule has 0 atom stereocenters. The van der Waals surface area contributed by atoms with Crippen molar-refractivity contribution in [3.63, 3.8) is 0 Å². The molecule has 1 heteroatoms. The van der Waals surface area contributed by atoms with Gasteiger partial charge in [-0.3, -0.25) is 0 Å². The van der Waals surface area contributed by atoms with E-state index in [9.17, 15) is 0 Å². The van der Waals surface area contributed by atoms with Gasteiger partial charge in [-0.15, -0.1) is 0 Å². The van der Waals surface area contributed by atoms with E-state index >= 15 is 0 Å². The van der Waals surface area contributed by atoms with Crippen LogP contribution in [-0.4, -0.2) is 12.6 Å². The number of nitrogens with one attached hydrogen (secondary N) is 1. The molecule has 0 bridgehead atoms. The SMILES string of the molecule is Cc1cccc(C)c1CC(C)(C)CCNC1CC1. The van der Waals surface area contributed by atoms with E-state index in [1.165, 1.54) is 43.4 Å². The van der Waals surface area contributed by atoms with Crippen molar-refractivity contribution in [2.45, 2.75) is 59.4 Å². The molecule has 1 aromatic carbocycles. The molecule has 1 saturated carbocycles. The minimum Gasteiger partial charge on any atom is -0.314 e. The summed E-state index contributed by atoms with van der Waals surface area (Å²) >= 11 is 0. The van der Waals surface area contributed by atoms with Crippen molar-refractivity contribution in [3.05, 3.63) is 34.9 Å². The number of hydrogen-bond acceptors (Lipinski definition) is 1. The molecule has 1 aliphatic rings. The first kappa shape index (κ1) is 13.6. The highest BCUT2D eigenvalue weighted by Crippen LogP contribution is 2.29. The Morgan fingerprint density at radius 2 is 1.78 bits per heavy atom. The van der Waals surface area contributed by atoms with Gasteiger partial charge in [-0.05, 0) is 68.2 Å². The van der Waals surface area contributed by atoms with Crippen molar-refractivity contribution < 1.29 is 0 Å². The van der Waals surface area contributed by atoms with Gasteiger partial charge in [0.1, 0.15) is 0 Å². The number of hydrogen-bond donors (Lipinski definition) is 1. The Hall–Kier alpha value is -0.820. The predicted molar refractivity (Wildman–Crippen MR) is 79.0 cm³/mol. The normalized spacial score (nSPS) is 16.0. The zero-order valence-electron chi connectivity index (χ0n) is 12.3. The van der Waals surface area contributed by atoms with Gasteiger partial charge in [0, 0.05) is 6.04 Å². The Labute approximate surface area is 112 Å². The maximum Gasteiger partial charge on any atom is 0.00682 e. The van der Waals surface area contributed by atoms with E-state index in [2.05, 4.69) is 51.2 Å². The lowest BCUT2D eigenvalue weighted by molar-refractivity contribution is 0.324. The van der Waals surface area contributed by atoms with Crippen molar-refractivity contribution >= 4 is 0 Å². The fraction of sp³-hybridized carbons (Fsp3) is 0.647. The summed E-state index contributed by atoms with van der Waals surface area (Å²) in [4.78, 5) is 0. The van der Waals surface area contributed by atoms with Gasteiger partial charge in [-0.2, -0.15) is 0 Å². The van der Waals surface area contributed by atoms with Crippen LogP contribution in [0.3, 0.4) is 0 Å². The van der Waals surface area contributed by atoms with Crippen molar-refractivity contribution in [1.82, 2.24) is 5.32 Å². The van der Waals surface area contributed by atoms with Crippen molar-refractivity contribution in [3.8, 4) is 0 Å². The van der Waals surface area contributed by atoms with Crippen LogP contribution < -0.4 is 5.32 Å². The summed E-state index contributed by atoms with van der Waals surface area (Å²) in [5.41, 5.74) is 4.82. The Bertz CT molecular complexity index is 382.